The van der Waals surface area contributed by atoms with E-state index in [0.717, 1.165) is 31.0 Å². The van der Waals surface area contributed by atoms with Gasteiger partial charge in [-0.3, -0.25) is 0 Å². The Bertz CT molecular complexity index is 378. The maximum atomic E-state index is 6.03. The molecule has 1 aromatic rings. The summed E-state index contributed by atoms with van der Waals surface area (Å²) in [5.74, 6) is 1.99. The first-order valence-corrected chi connectivity index (χ1v) is 8.20. The molecule has 1 heterocycles. The summed E-state index contributed by atoms with van der Waals surface area (Å²) in [5, 5.41) is 3.42. The van der Waals surface area contributed by atoms with Crippen molar-refractivity contribution in [2.75, 3.05) is 6.54 Å². The monoisotopic (exact) mass is 279 g/mol. The molecule has 0 aliphatic heterocycles. The van der Waals surface area contributed by atoms with Crippen LogP contribution in [0.1, 0.15) is 69.0 Å². The highest BCUT2D eigenvalue weighted by Gasteiger charge is 2.14. The molecule has 0 radical (unpaired) electrons. The van der Waals surface area contributed by atoms with Crippen LogP contribution in [0.3, 0.4) is 0 Å². The summed E-state index contributed by atoms with van der Waals surface area (Å²) < 4.78 is 11.8. The molecular formula is C17H29NO2. The van der Waals surface area contributed by atoms with Crippen molar-refractivity contribution in [1.82, 2.24) is 5.32 Å². The maximum Gasteiger partial charge on any atom is 0.130 e. The van der Waals surface area contributed by atoms with Crippen LogP contribution < -0.4 is 5.32 Å². The summed E-state index contributed by atoms with van der Waals surface area (Å²) in [5.41, 5.74) is 1.26. The summed E-state index contributed by atoms with van der Waals surface area (Å²) in [6, 6.07) is 2.15. The van der Waals surface area contributed by atoms with Gasteiger partial charge in [-0.05, 0) is 38.8 Å². The van der Waals surface area contributed by atoms with Crippen molar-refractivity contribution in [2.24, 2.45) is 0 Å². The quantitative estimate of drug-likeness (QED) is 0.596. The SMILES string of the molecule is CCCNCc1cc(COC2CCCCCC2)oc1C. The largest absolute Gasteiger partial charge is 0.464 e. The molecule has 114 valence electrons. The summed E-state index contributed by atoms with van der Waals surface area (Å²) in [4.78, 5) is 0. The van der Waals surface area contributed by atoms with E-state index in [0.29, 0.717) is 12.7 Å². The smallest absolute Gasteiger partial charge is 0.130 e. The van der Waals surface area contributed by atoms with E-state index in [1.807, 2.05) is 6.92 Å². The highest BCUT2D eigenvalue weighted by molar-refractivity contribution is 5.20. The Morgan fingerprint density at radius 1 is 1.25 bits per heavy atom. The van der Waals surface area contributed by atoms with E-state index in [9.17, 15) is 0 Å². The molecule has 0 spiro atoms. The Hall–Kier alpha value is -0.800. The van der Waals surface area contributed by atoms with Crippen LogP contribution in [-0.4, -0.2) is 12.6 Å². The molecule has 0 bridgehead atoms. The predicted molar refractivity (Wildman–Crippen MR) is 81.7 cm³/mol. The maximum absolute atomic E-state index is 6.03. The molecule has 1 fully saturated rings. The second-order valence-electron chi connectivity index (χ2n) is 5.90. The molecule has 0 amide bonds. The molecular weight excluding hydrogens is 250 g/mol. The fourth-order valence-electron chi connectivity index (χ4n) is 2.84. The lowest BCUT2D eigenvalue weighted by molar-refractivity contribution is 0.0216. The van der Waals surface area contributed by atoms with Crippen LogP contribution in [0.4, 0.5) is 0 Å². The van der Waals surface area contributed by atoms with Gasteiger partial charge in [0.05, 0.1) is 6.10 Å². The van der Waals surface area contributed by atoms with E-state index in [4.69, 9.17) is 9.15 Å². The van der Waals surface area contributed by atoms with Gasteiger partial charge in [-0.25, -0.2) is 0 Å². The molecule has 1 aromatic heterocycles. The zero-order valence-corrected chi connectivity index (χ0v) is 13.0. The average molecular weight is 279 g/mol. The van der Waals surface area contributed by atoms with E-state index in [1.165, 1.54) is 44.1 Å². The van der Waals surface area contributed by atoms with Gasteiger partial charge < -0.3 is 14.5 Å². The van der Waals surface area contributed by atoms with Crippen LogP contribution in [0.15, 0.2) is 10.5 Å². The van der Waals surface area contributed by atoms with Gasteiger partial charge >= 0.3 is 0 Å². The zero-order valence-electron chi connectivity index (χ0n) is 13.0. The van der Waals surface area contributed by atoms with Crippen LogP contribution in [-0.2, 0) is 17.9 Å². The molecule has 0 saturated heterocycles. The first-order valence-electron chi connectivity index (χ1n) is 8.20. The number of rotatable bonds is 7. The van der Waals surface area contributed by atoms with Crippen molar-refractivity contribution >= 4 is 0 Å². The van der Waals surface area contributed by atoms with Gasteiger partial charge in [0.25, 0.3) is 0 Å². The number of ether oxygens (including phenoxy) is 1. The number of furan rings is 1. The molecule has 1 N–H and O–H groups in total. The van der Waals surface area contributed by atoms with Crippen molar-refractivity contribution in [3.63, 3.8) is 0 Å². The third kappa shape index (κ3) is 4.95. The van der Waals surface area contributed by atoms with Gasteiger partial charge in [-0.2, -0.15) is 0 Å². The first-order chi connectivity index (χ1) is 9.79. The lowest BCUT2D eigenvalue weighted by Crippen LogP contribution is -2.13. The minimum Gasteiger partial charge on any atom is -0.464 e. The van der Waals surface area contributed by atoms with Crippen molar-refractivity contribution in [2.45, 2.75) is 78.0 Å². The lowest BCUT2D eigenvalue weighted by atomic mass is 10.1. The number of hydrogen-bond donors (Lipinski definition) is 1. The van der Waals surface area contributed by atoms with Gasteiger partial charge in [0.15, 0.2) is 0 Å². The molecule has 1 aliphatic rings. The molecule has 1 saturated carbocycles. The minimum absolute atomic E-state index is 0.435. The van der Waals surface area contributed by atoms with Crippen LogP contribution in [0, 0.1) is 6.92 Å². The molecule has 0 unspecified atom stereocenters. The third-order valence-electron chi connectivity index (χ3n) is 4.08. The second-order valence-corrected chi connectivity index (χ2v) is 5.90. The van der Waals surface area contributed by atoms with Crippen molar-refractivity contribution in [1.29, 1.82) is 0 Å². The van der Waals surface area contributed by atoms with Crippen molar-refractivity contribution in [3.8, 4) is 0 Å². The van der Waals surface area contributed by atoms with Crippen molar-refractivity contribution in [3.05, 3.63) is 23.2 Å². The summed E-state index contributed by atoms with van der Waals surface area (Å²) >= 11 is 0. The van der Waals surface area contributed by atoms with E-state index in [2.05, 4.69) is 18.3 Å². The molecule has 0 atom stereocenters. The molecule has 3 nitrogen and oxygen atoms in total. The Morgan fingerprint density at radius 3 is 2.70 bits per heavy atom. The Balaban J connectivity index is 1.78. The van der Waals surface area contributed by atoms with E-state index < -0.39 is 0 Å². The lowest BCUT2D eigenvalue weighted by Gasteiger charge is -2.13. The topological polar surface area (TPSA) is 34.4 Å². The number of hydrogen-bond acceptors (Lipinski definition) is 3. The minimum atomic E-state index is 0.435. The highest BCUT2D eigenvalue weighted by Crippen LogP contribution is 2.22. The zero-order chi connectivity index (χ0) is 14.2. The molecule has 3 heteroatoms. The summed E-state index contributed by atoms with van der Waals surface area (Å²) in [6.07, 6.45) is 9.38. The second kappa shape index (κ2) is 8.48. The fourth-order valence-corrected chi connectivity index (χ4v) is 2.84. The Labute approximate surface area is 123 Å². The average Bonchev–Trinajstić information content (AvgIpc) is 2.66. The summed E-state index contributed by atoms with van der Waals surface area (Å²) in [7, 11) is 0. The Morgan fingerprint density at radius 2 is 2.00 bits per heavy atom. The molecule has 1 aliphatic carbocycles. The van der Waals surface area contributed by atoms with Crippen LogP contribution >= 0.6 is 0 Å². The fraction of sp³-hybridized carbons (Fsp3) is 0.765. The molecule has 0 aromatic carbocycles. The Kier molecular flexibility index (Phi) is 6.61. The van der Waals surface area contributed by atoms with Gasteiger partial charge in [0.1, 0.15) is 18.1 Å². The molecule has 20 heavy (non-hydrogen) atoms. The van der Waals surface area contributed by atoms with Gasteiger partial charge in [-0.1, -0.05) is 32.6 Å². The van der Waals surface area contributed by atoms with E-state index in [1.54, 1.807) is 0 Å². The van der Waals surface area contributed by atoms with Gasteiger partial charge in [0.2, 0.25) is 0 Å². The number of aryl methyl sites for hydroxylation is 1. The standard InChI is InChI=1S/C17H29NO2/c1-3-10-18-12-15-11-17(20-14(15)2)13-19-16-8-6-4-5-7-9-16/h11,16,18H,3-10,12-13H2,1-2H3. The number of nitrogens with one attached hydrogen (secondary N) is 1. The van der Waals surface area contributed by atoms with Gasteiger partial charge in [0, 0.05) is 12.1 Å². The van der Waals surface area contributed by atoms with E-state index >= 15 is 0 Å². The van der Waals surface area contributed by atoms with Crippen LogP contribution in [0.2, 0.25) is 0 Å². The van der Waals surface area contributed by atoms with Crippen LogP contribution in [0.25, 0.3) is 0 Å². The van der Waals surface area contributed by atoms with Crippen molar-refractivity contribution < 1.29 is 9.15 Å². The predicted octanol–water partition coefficient (Wildman–Crippen LogP) is 4.33. The summed E-state index contributed by atoms with van der Waals surface area (Å²) in [6.45, 7) is 6.80. The highest BCUT2D eigenvalue weighted by atomic mass is 16.5. The normalized spacial score (nSPS) is 17.3. The third-order valence-corrected chi connectivity index (χ3v) is 4.08. The van der Waals surface area contributed by atoms with Crippen LogP contribution in [0.5, 0.6) is 0 Å². The molecule has 2 rings (SSSR count). The first kappa shape index (κ1) is 15.6. The van der Waals surface area contributed by atoms with E-state index in [-0.39, 0.29) is 0 Å². The van der Waals surface area contributed by atoms with Gasteiger partial charge in [-0.15, -0.1) is 0 Å².